The van der Waals surface area contributed by atoms with Crippen LogP contribution in [0.1, 0.15) is 24.5 Å². The lowest BCUT2D eigenvalue weighted by Gasteiger charge is -2.13. The molecule has 1 aromatic heterocycles. The Morgan fingerprint density at radius 2 is 2.05 bits per heavy atom. The molecule has 0 saturated heterocycles. The molecular weight excluding hydrogens is 254 g/mol. The summed E-state index contributed by atoms with van der Waals surface area (Å²) in [7, 11) is 3.19. The lowest BCUT2D eigenvalue weighted by Crippen LogP contribution is -2.11. The summed E-state index contributed by atoms with van der Waals surface area (Å²) >= 11 is 0. The highest BCUT2D eigenvalue weighted by Crippen LogP contribution is 2.25. The van der Waals surface area contributed by atoms with Crippen molar-refractivity contribution in [1.29, 1.82) is 5.26 Å². The smallest absolute Gasteiger partial charge is 0.200 e. The summed E-state index contributed by atoms with van der Waals surface area (Å²) in [6.45, 7) is 2.73. The fourth-order valence-electron chi connectivity index (χ4n) is 2.10. The van der Waals surface area contributed by atoms with Crippen LogP contribution >= 0.6 is 0 Å². The third-order valence-electron chi connectivity index (χ3n) is 3.07. The summed E-state index contributed by atoms with van der Waals surface area (Å²) in [6.07, 6.45) is -0.449. The van der Waals surface area contributed by atoms with Crippen LogP contribution in [0, 0.1) is 11.3 Å². The zero-order valence-electron chi connectivity index (χ0n) is 11.8. The van der Waals surface area contributed by atoms with Crippen LogP contribution in [0.4, 0.5) is 0 Å². The molecule has 1 heterocycles. The second-order valence-electron chi connectivity index (χ2n) is 4.27. The monoisotopic (exact) mass is 271 g/mol. The second kappa shape index (κ2) is 6.33. The first-order valence-corrected chi connectivity index (χ1v) is 6.37. The summed E-state index contributed by atoms with van der Waals surface area (Å²) in [5.74, 6) is 0. The van der Waals surface area contributed by atoms with Gasteiger partial charge in [0.1, 0.15) is 0 Å². The van der Waals surface area contributed by atoms with Gasteiger partial charge >= 0.3 is 0 Å². The first kappa shape index (κ1) is 14.3. The fraction of sp³-hybridized carbons (Fsp3) is 0.333. The Morgan fingerprint density at radius 3 is 2.65 bits per heavy atom. The maximum Gasteiger partial charge on any atom is 0.200 e. The number of methoxy groups -OCH3 is 2. The topological polar surface area (TPSA) is 60.1 Å². The summed E-state index contributed by atoms with van der Waals surface area (Å²) < 4.78 is 12.4. The van der Waals surface area contributed by atoms with Gasteiger partial charge in [0.05, 0.1) is 23.0 Å². The van der Waals surface area contributed by atoms with Crippen LogP contribution in [0.15, 0.2) is 30.3 Å². The Balaban J connectivity index is 2.45. The number of rotatable bonds is 5. The number of aromatic nitrogens is 2. The van der Waals surface area contributed by atoms with E-state index in [2.05, 4.69) is 11.2 Å². The standard InChI is InChI=1S/C15H17N3O2/c1-4-18-14(15(19-2)20-3)9-13(17-18)12-7-5-6-11(8-12)10-16/h5-9,15H,4H2,1-3H3. The number of hydrogen-bond acceptors (Lipinski definition) is 4. The first-order chi connectivity index (χ1) is 9.73. The van der Waals surface area contributed by atoms with Gasteiger partial charge in [0.15, 0.2) is 6.29 Å². The van der Waals surface area contributed by atoms with Gasteiger partial charge in [-0.25, -0.2) is 0 Å². The van der Waals surface area contributed by atoms with Gasteiger partial charge < -0.3 is 9.47 Å². The third-order valence-corrected chi connectivity index (χ3v) is 3.07. The van der Waals surface area contributed by atoms with Crippen LogP contribution in [-0.2, 0) is 16.0 Å². The van der Waals surface area contributed by atoms with E-state index in [0.717, 1.165) is 23.5 Å². The quantitative estimate of drug-likeness (QED) is 0.784. The van der Waals surface area contributed by atoms with E-state index in [4.69, 9.17) is 14.7 Å². The van der Waals surface area contributed by atoms with E-state index < -0.39 is 6.29 Å². The molecule has 0 atom stereocenters. The third kappa shape index (κ3) is 2.72. The predicted octanol–water partition coefficient (Wildman–Crippen LogP) is 2.73. The molecule has 0 amide bonds. The zero-order valence-corrected chi connectivity index (χ0v) is 11.8. The minimum Gasteiger partial charge on any atom is -0.350 e. The Kier molecular flexibility index (Phi) is 4.51. The molecule has 2 rings (SSSR count). The van der Waals surface area contributed by atoms with Crippen LogP contribution in [0.3, 0.4) is 0 Å². The molecule has 0 N–H and O–H groups in total. The molecule has 0 saturated carbocycles. The molecule has 0 spiro atoms. The van der Waals surface area contributed by atoms with Crippen molar-refractivity contribution in [1.82, 2.24) is 9.78 Å². The van der Waals surface area contributed by atoms with Crippen molar-refractivity contribution >= 4 is 0 Å². The van der Waals surface area contributed by atoms with Gasteiger partial charge in [0.2, 0.25) is 0 Å². The highest BCUT2D eigenvalue weighted by molar-refractivity contribution is 5.61. The van der Waals surface area contributed by atoms with E-state index >= 15 is 0 Å². The highest BCUT2D eigenvalue weighted by Gasteiger charge is 2.17. The lowest BCUT2D eigenvalue weighted by atomic mass is 10.1. The van der Waals surface area contributed by atoms with E-state index in [9.17, 15) is 0 Å². The Morgan fingerprint density at radius 1 is 1.30 bits per heavy atom. The van der Waals surface area contributed by atoms with Gasteiger partial charge in [0, 0.05) is 26.3 Å². The van der Waals surface area contributed by atoms with Crippen LogP contribution in [-0.4, -0.2) is 24.0 Å². The van der Waals surface area contributed by atoms with Crippen molar-refractivity contribution in [2.75, 3.05) is 14.2 Å². The maximum atomic E-state index is 8.96. The summed E-state index contributed by atoms with van der Waals surface area (Å²) in [5, 5.41) is 13.5. The van der Waals surface area contributed by atoms with E-state index in [1.54, 1.807) is 20.3 Å². The number of ether oxygens (including phenoxy) is 2. The molecule has 1 aromatic carbocycles. The molecular formula is C15H17N3O2. The van der Waals surface area contributed by atoms with E-state index in [-0.39, 0.29) is 0 Å². The zero-order chi connectivity index (χ0) is 14.5. The van der Waals surface area contributed by atoms with Crippen molar-refractivity contribution < 1.29 is 9.47 Å². The summed E-state index contributed by atoms with van der Waals surface area (Å²) in [4.78, 5) is 0. The Labute approximate surface area is 118 Å². The minimum atomic E-state index is -0.449. The van der Waals surface area contributed by atoms with Crippen molar-refractivity contribution in [3.63, 3.8) is 0 Å². The highest BCUT2D eigenvalue weighted by atomic mass is 16.7. The predicted molar refractivity (Wildman–Crippen MR) is 74.8 cm³/mol. The fourth-order valence-corrected chi connectivity index (χ4v) is 2.10. The SMILES string of the molecule is CCn1nc(-c2cccc(C#N)c2)cc1C(OC)OC. The molecule has 0 fully saturated rings. The Bertz CT molecular complexity index is 624. The molecule has 20 heavy (non-hydrogen) atoms. The number of aryl methyl sites for hydroxylation is 1. The maximum absolute atomic E-state index is 8.96. The molecule has 5 nitrogen and oxygen atoms in total. The molecule has 0 aliphatic heterocycles. The number of benzene rings is 1. The average molecular weight is 271 g/mol. The van der Waals surface area contributed by atoms with Gasteiger partial charge in [-0.3, -0.25) is 4.68 Å². The molecule has 104 valence electrons. The number of hydrogen-bond donors (Lipinski definition) is 0. The van der Waals surface area contributed by atoms with Crippen molar-refractivity contribution in [2.24, 2.45) is 0 Å². The van der Waals surface area contributed by atoms with Gasteiger partial charge in [-0.2, -0.15) is 10.4 Å². The van der Waals surface area contributed by atoms with E-state index in [0.29, 0.717) is 5.56 Å². The molecule has 0 unspecified atom stereocenters. The second-order valence-corrected chi connectivity index (χ2v) is 4.27. The average Bonchev–Trinajstić information content (AvgIpc) is 2.93. The van der Waals surface area contributed by atoms with Gasteiger partial charge in [-0.1, -0.05) is 12.1 Å². The normalized spacial score (nSPS) is 10.8. The minimum absolute atomic E-state index is 0.449. The molecule has 0 aliphatic rings. The molecule has 0 bridgehead atoms. The summed E-state index contributed by atoms with van der Waals surface area (Å²) in [6, 6.07) is 11.4. The van der Waals surface area contributed by atoms with Gasteiger partial charge in [0.25, 0.3) is 0 Å². The number of nitriles is 1. The van der Waals surface area contributed by atoms with E-state index in [1.807, 2.05) is 35.9 Å². The van der Waals surface area contributed by atoms with Gasteiger partial charge in [-0.15, -0.1) is 0 Å². The Hall–Kier alpha value is -2.16. The lowest BCUT2D eigenvalue weighted by molar-refractivity contribution is -0.111. The van der Waals surface area contributed by atoms with Crippen LogP contribution in [0.5, 0.6) is 0 Å². The molecule has 0 radical (unpaired) electrons. The van der Waals surface area contributed by atoms with Crippen molar-refractivity contribution in [2.45, 2.75) is 19.8 Å². The van der Waals surface area contributed by atoms with Crippen molar-refractivity contribution in [3.05, 3.63) is 41.6 Å². The largest absolute Gasteiger partial charge is 0.350 e. The van der Waals surface area contributed by atoms with Crippen molar-refractivity contribution in [3.8, 4) is 17.3 Å². The number of nitrogens with zero attached hydrogens (tertiary/aromatic N) is 3. The van der Waals surface area contributed by atoms with Crippen LogP contribution in [0.2, 0.25) is 0 Å². The van der Waals surface area contributed by atoms with E-state index in [1.165, 1.54) is 0 Å². The summed E-state index contributed by atoms with van der Waals surface area (Å²) in [5.41, 5.74) is 3.18. The molecule has 5 heteroatoms. The molecule has 2 aromatic rings. The van der Waals surface area contributed by atoms with Crippen LogP contribution in [0.25, 0.3) is 11.3 Å². The van der Waals surface area contributed by atoms with Gasteiger partial charge in [-0.05, 0) is 25.1 Å². The first-order valence-electron chi connectivity index (χ1n) is 6.37. The molecule has 0 aliphatic carbocycles. The van der Waals surface area contributed by atoms with Crippen LogP contribution < -0.4 is 0 Å².